The Labute approximate surface area is 192 Å². The summed E-state index contributed by atoms with van der Waals surface area (Å²) in [5, 5.41) is 3.82. The standard InChI is InChI=1S/C27H27N3O3/c28-23(15-19-9-3-1-4-10-19)26(31)30-25(27(32)33-18-20-11-5-2-6-12-20)16-21-17-29-24-14-8-7-13-22(21)24/h1-14,17,23,25,29H,15-16,18,28H2,(H,30,31)/t23-,25-/m0/s1. The van der Waals surface area contributed by atoms with Gasteiger partial charge in [0, 0.05) is 23.5 Å². The lowest BCUT2D eigenvalue weighted by molar-refractivity contribution is -0.149. The monoisotopic (exact) mass is 441 g/mol. The van der Waals surface area contributed by atoms with Crippen LogP contribution in [0.5, 0.6) is 0 Å². The minimum Gasteiger partial charge on any atom is -0.459 e. The molecule has 0 aliphatic rings. The summed E-state index contributed by atoms with van der Waals surface area (Å²) in [6.07, 6.45) is 2.53. The smallest absolute Gasteiger partial charge is 0.329 e. The highest BCUT2D eigenvalue weighted by Gasteiger charge is 2.26. The van der Waals surface area contributed by atoms with Gasteiger partial charge in [-0.3, -0.25) is 4.79 Å². The van der Waals surface area contributed by atoms with Crippen molar-refractivity contribution in [3.63, 3.8) is 0 Å². The van der Waals surface area contributed by atoms with Gasteiger partial charge in [0.2, 0.25) is 5.91 Å². The molecule has 0 saturated carbocycles. The van der Waals surface area contributed by atoms with Crippen LogP contribution in [0.3, 0.4) is 0 Å². The quantitative estimate of drug-likeness (QED) is 0.346. The molecule has 0 saturated heterocycles. The molecule has 1 aromatic heterocycles. The van der Waals surface area contributed by atoms with Crippen molar-refractivity contribution >= 4 is 22.8 Å². The van der Waals surface area contributed by atoms with E-state index in [1.807, 2.05) is 91.1 Å². The highest BCUT2D eigenvalue weighted by Crippen LogP contribution is 2.20. The maximum atomic E-state index is 13.0. The number of carbonyl (C=O) groups is 2. The predicted molar refractivity (Wildman–Crippen MR) is 128 cm³/mol. The first kappa shape index (κ1) is 22.3. The lowest BCUT2D eigenvalue weighted by atomic mass is 10.0. The molecule has 1 amide bonds. The fraction of sp³-hybridized carbons (Fsp3) is 0.185. The molecule has 0 spiro atoms. The normalized spacial score (nSPS) is 12.8. The zero-order valence-corrected chi connectivity index (χ0v) is 18.2. The summed E-state index contributed by atoms with van der Waals surface area (Å²) in [6, 6.07) is 25.2. The number of hydrogen-bond donors (Lipinski definition) is 3. The summed E-state index contributed by atoms with van der Waals surface area (Å²) in [5.74, 6) is -0.884. The third kappa shape index (κ3) is 5.87. The van der Waals surface area contributed by atoms with Crippen LogP contribution in [0.1, 0.15) is 16.7 Å². The highest BCUT2D eigenvalue weighted by molar-refractivity contribution is 5.89. The number of esters is 1. The summed E-state index contributed by atoms with van der Waals surface area (Å²) in [4.78, 5) is 29.1. The van der Waals surface area contributed by atoms with Crippen molar-refractivity contribution in [2.75, 3.05) is 0 Å². The molecule has 0 aliphatic heterocycles. The van der Waals surface area contributed by atoms with E-state index < -0.39 is 18.1 Å². The van der Waals surface area contributed by atoms with E-state index in [1.165, 1.54) is 0 Å². The molecular formula is C27H27N3O3. The van der Waals surface area contributed by atoms with Crippen molar-refractivity contribution in [1.29, 1.82) is 0 Å². The molecule has 4 aromatic rings. The van der Waals surface area contributed by atoms with Gasteiger partial charge in [-0.25, -0.2) is 4.79 Å². The third-order valence-electron chi connectivity index (χ3n) is 5.56. The molecule has 33 heavy (non-hydrogen) atoms. The average molecular weight is 442 g/mol. The van der Waals surface area contributed by atoms with E-state index in [0.717, 1.165) is 27.6 Å². The average Bonchev–Trinajstić information content (AvgIpc) is 3.26. The Hall–Kier alpha value is -3.90. The lowest BCUT2D eigenvalue weighted by Crippen LogP contribution is -2.50. The maximum Gasteiger partial charge on any atom is 0.329 e. The van der Waals surface area contributed by atoms with Gasteiger partial charge in [0.25, 0.3) is 0 Å². The molecule has 168 valence electrons. The van der Waals surface area contributed by atoms with Crippen molar-refractivity contribution in [3.05, 3.63) is 108 Å². The molecule has 2 atom stereocenters. The van der Waals surface area contributed by atoms with Crippen molar-refractivity contribution in [2.24, 2.45) is 5.73 Å². The zero-order chi connectivity index (χ0) is 23.0. The van der Waals surface area contributed by atoms with Gasteiger partial charge in [0.15, 0.2) is 0 Å². The first-order chi connectivity index (χ1) is 16.1. The van der Waals surface area contributed by atoms with Crippen molar-refractivity contribution < 1.29 is 14.3 Å². The number of para-hydroxylation sites is 1. The van der Waals surface area contributed by atoms with E-state index in [1.54, 1.807) is 0 Å². The second kappa shape index (κ2) is 10.6. The van der Waals surface area contributed by atoms with E-state index in [2.05, 4.69) is 10.3 Å². The predicted octanol–water partition coefficient (Wildman–Crippen LogP) is 3.51. The summed E-state index contributed by atoms with van der Waals surface area (Å²) in [5.41, 5.74) is 9.88. The molecule has 4 N–H and O–H groups in total. The number of aromatic nitrogens is 1. The molecule has 4 rings (SSSR count). The number of benzene rings is 3. The lowest BCUT2D eigenvalue weighted by Gasteiger charge is -2.20. The molecule has 6 heteroatoms. The Balaban J connectivity index is 1.48. The van der Waals surface area contributed by atoms with Gasteiger partial charge in [-0.05, 0) is 29.2 Å². The Morgan fingerprint density at radius 3 is 2.21 bits per heavy atom. The van der Waals surface area contributed by atoms with Crippen LogP contribution in [-0.2, 0) is 33.8 Å². The van der Waals surface area contributed by atoms with Gasteiger partial charge in [-0.15, -0.1) is 0 Å². The van der Waals surface area contributed by atoms with Crippen LogP contribution >= 0.6 is 0 Å². The molecule has 0 bridgehead atoms. The third-order valence-corrected chi connectivity index (χ3v) is 5.56. The van der Waals surface area contributed by atoms with Crippen LogP contribution in [-0.4, -0.2) is 28.9 Å². The van der Waals surface area contributed by atoms with Gasteiger partial charge < -0.3 is 20.8 Å². The minimum absolute atomic E-state index is 0.135. The van der Waals surface area contributed by atoms with Crippen molar-refractivity contribution in [1.82, 2.24) is 10.3 Å². The molecule has 3 aromatic carbocycles. The van der Waals surface area contributed by atoms with Crippen LogP contribution in [0.2, 0.25) is 0 Å². The Morgan fingerprint density at radius 1 is 0.848 bits per heavy atom. The van der Waals surface area contributed by atoms with Crippen molar-refractivity contribution in [2.45, 2.75) is 31.5 Å². The molecule has 0 aliphatic carbocycles. The molecule has 0 radical (unpaired) electrons. The molecule has 1 heterocycles. The van der Waals surface area contributed by atoms with Crippen LogP contribution in [0.15, 0.2) is 91.1 Å². The van der Waals surface area contributed by atoms with Crippen LogP contribution < -0.4 is 11.1 Å². The summed E-state index contributed by atoms with van der Waals surface area (Å²) >= 11 is 0. The van der Waals surface area contributed by atoms with E-state index in [-0.39, 0.29) is 12.5 Å². The molecule has 0 unspecified atom stereocenters. The second-order valence-corrected chi connectivity index (χ2v) is 8.01. The Bertz CT molecular complexity index is 1210. The van der Waals surface area contributed by atoms with E-state index >= 15 is 0 Å². The number of amides is 1. The number of fused-ring (bicyclic) bond motifs is 1. The van der Waals surface area contributed by atoms with Crippen LogP contribution in [0, 0.1) is 0 Å². The van der Waals surface area contributed by atoms with Crippen molar-refractivity contribution in [3.8, 4) is 0 Å². The molecular weight excluding hydrogens is 414 g/mol. The van der Waals surface area contributed by atoms with Gasteiger partial charge in [-0.1, -0.05) is 78.9 Å². The highest BCUT2D eigenvalue weighted by atomic mass is 16.5. The molecule has 0 fully saturated rings. The summed E-state index contributed by atoms with van der Waals surface area (Å²) in [6.45, 7) is 0.135. The SMILES string of the molecule is N[C@@H](Cc1ccccc1)C(=O)N[C@@H](Cc1c[nH]c2ccccc12)C(=O)OCc1ccccc1. The van der Waals surface area contributed by atoms with Crippen LogP contribution in [0.4, 0.5) is 0 Å². The number of H-pyrrole nitrogens is 1. The number of rotatable bonds is 9. The van der Waals surface area contributed by atoms with Crippen LogP contribution in [0.25, 0.3) is 10.9 Å². The first-order valence-electron chi connectivity index (χ1n) is 11.0. The zero-order valence-electron chi connectivity index (χ0n) is 18.2. The fourth-order valence-electron chi connectivity index (χ4n) is 3.78. The van der Waals surface area contributed by atoms with E-state index in [0.29, 0.717) is 12.8 Å². The Kier molecular flexibility index (Phi) is 7.17. The summed E-state index contributed by atoms with van der Waals surface area (Å²) in [7, 11) is 0. The molecule has 6 nitrogen and oxygen atoms in total. The number of nitrogens with one attached hydrogen (secondary N) is 2. The number of carbonyl (C=O) groups excluding carboxylic acids is 2. The number of hydrogen-bond acceptors (Lipinski definition) is 4. The first-order valence-corrected chi connectivity index (χ1v) is 11.0. The van der Waals surface area contributed by atoms with Gasteiger partial charge >= 0.3 is 5.97 Å². The fourth-order valence-corrected chi connectivity index (χ4v) is 3.78. The maximum absolute atomic E-state index is 13.0. The number of nitrogens with two attached hydrogens (primary N) is 1. The topological polar surface area (TPSA) is 97.2 Å². The number of aromatic amines is 1. The largest absolute Gasteiger partial charge is 0.459 e. The minimum atomic E-state index is -0.859. The summed E-state index contributed by atoms with van der Waals surface area (Å²) < 4.78 is 5.55. The van der Waals surface area contributed by atoms with Gasteiger partial charge in [0.05, 0.1) is 6.04 Å². The number of ether oxygens (including phenoxy) is 1. The van der Waals surface area contributed by atoms with Gasteiger partial charge in [-0.2, -0.15) is 0 Å². The van der Waals surface area contributed by atoms with E-state index in [4.69, 9.17) is 10.5 Å². The van der Waals surface area contributed by atoms with Gasteiger partial charge in [0.1, 0.15) is 12.6 Å². The Morgan fingerprint density at radius 2 is 1.48 bits per heavy atom. The second-order valence-electron chi connectivity index (χ2n) is 8.01. The van der Waals surface area contributed by atoms with E-state index in [9.17, 15) is 9.59 Å².